The van der Waals surface area contributed by atoms with Crippen molar-refractivity contribution < 1.29 is 14.3 Å². The number of aromatic nitrogens is 1. The van der Waals surface area contributed by atoms with Crippen LogP contribution >= 0.6 is 0 Å². The van der Waals surface area contributed by atoms with Crippen molar-refractivity contribution in [1.82, 2.24) is 9.88 Å². The molecule has 0 aliphatic rings. The molecule has 2 aromatic carbocycles. The first-order valence-corrected chi connectivity index (χ1v) is 9.60. The van der Waals surface area contributed by atoms with Crippen molar-refractivity contribution in [3.63, 3.8) is 0 Å². The number of carbonyl (C=O) groups is 2. The highest BCUT2D eigenvalue weighted by Gasteiger charge is 2.17. The second-order valence-corrected chi connectivity index (χ2v) is 7.59. The maximum atomic E-state index is 12.7. The zero-order valence-corrected chi connectivity index (χ0v) is 17.6. The summed E-state index contributed by atoms with van der Waals surface area (Å²) in [4.78, 5) is 31.2. The summed E-state index contributed by atoms with van der Waals surface area (Å²) in [6.07, 6.45) is 0. The first-order valence-electron chi connectivity index (χ1n) is 9.60. The van der Waals surface area contributed by atoms with E-state index in [9.17, 15) is 9.59 Å². The number of hydrogen-bond acceptors (Lipinski definition) is 4. The number of rotatable bonds is 5. The fourth-order valence-corrected chi connectivity index (χ4v) is 3.32. The number of nitrogens with zero attached hydrogens (tertiary/aromatic N) is 2. The lowest BCUT2D eigenvalue weighted by atomic mass is 10.1. The third-order valence-corrected chi connectivity index (χ3v) is 4.97. The Kier molecular flexibility index (Phi) is 5.97. The van der Waals surface area contributed by atoms with Crippen LogP contribution in [0.3, 0.4) is 0 Å². The zero-order chi connectivity index (χ0) is 21.1. The van der Waals surface area contributed by atoms with Gasteiger partial charge in [-0.15, -0.1) is 0 Å². The molecule has 3 rings (SSSR count). The van der Waals surface area contributed by atoms with Gasteiger partial charge < -0.3 is 9.64 Å². The quantitative estimate of drug-likeness (QED) is 0.610. The van der Waals surface area contributed by atoms with Crippen LogP contribution < -0.4 is 0 Å². The molecule has 5 heteroatoms. The molecule has 150 valence electrons. The normalized spacial score (nSPS) is 10.8. The molecule has 5 nitrogen and oxygen atoms in total. The lowest BCUT2D eigenvalue weighted by Crippen LogP contribution is -2.31. The first kappa shape index (κ1) is 20.5. The molecule has 0 aliphatic heterocycles. The fraction of sp³-hybridized carbons (Fsp3) is 0.292. The largest absolute Gasteiger partial charge is 0.452 e. The molecule has 1 aromatic heterocycles. The van der Waals surface area contributed by atoms with E-state index in [1.54, 1.807) is 18.0 Å². The number of ether oxygens (including phenoxy) is 1. The van der Waals surface area contributed by atoms with Gasteiger partial charge in [-0.25, -0.2) is 4.79 Å². The maximum Gasteiger partial charge on any atom is 0.339 e. The van der Waals surface area contributed by atoms with E-state index < -0.39 is 5.97 Å². The Morgan fingerprint density at radius 3 is 2.38 bits per heavy atom. The van der Waals surface area contributed by atoms with Gasteiger partial charge in [0, 0.05) is 24.7 Å². The van der Waals surface area contributed by atoms with E-state index >= 15 is 0 Å². The van der Waals surface area contributed by atoms with E-state index in [0.29, 0.717) is 12.1 Å². The monoisotopic (exact) mass is 390 g/mol. The molecule has 0 spiro atoms. The maximum absolute atomic E-state index is 12.7. The number of esters is 1. The number of aryl methyl sites for hydroxylation is 4. The second-order valence-electron chi connectivity index (χ2n) is 7.59. The molecule has 3 aromatic rings. The van der Waals surface area contributed by atoms with Gasteiger partial charge in [-0.2, -0.15) is 0 Å². The van der Waals surface area contributed by atoms with E-state index in [0.717, 1.165) is 33.3 Å². The number of fused-ring (bicyclic) bond motifs is 1. The Morgan fingerprint density at radius 1 is 0.966 bits per heavy atom. The predicted molar refractivity (Wildman–Crippen MR) is 114 cm³/mol. The minimum absolute atomic E-state index is 0.246. The Hall–Kier alpha value is -3.21. The number of likely N-dealkylation sites (N-methyl/N-ethyl adjacent to an activating group) is 1. The average molecular weight is 390 g/mol. The summed E-state index contributed by atoms with van der Waals surface area (Å²) < 4.78 is 5.34. The van der Waals surface area contributed by atoms with Crippen LogP contribution in [-0.2, 0) is 16.1 Å². The average Bonchev–Trinajstić information content (AvgIpc) is 2.67. The molecule has 29 heavy (non-hydrogen) atoms. The molecule has 0 fully saturated rings. The van der Waals surface area contributed by atoms with Crippen LogP contribution in [0, 0.1) is 27.7 Å². The SMILES string of the molecule is Cc1ccc(CN(C)C(=O)COC(=O)c2cc(C)nc3ccc(C)cc23)c(C)c1. The minimum atomic E-state index is -0.514. The molecule has 0 unspecified atom stereocenters. The standard InChI is InChI=1S/C24H26N2O3/c1-15-6-8-19(17(3)10-15)13-26(5)23(27)14-29-24(28)21-12-18(4)25-22-9-7-16(2)11-20(21)22/h6-12H,13-14H2,1-5H3. The molecular formula is C24H26N2O3. The van der Waals surface area contributed by atoms with Gasteiger partial charge in [0.2, 0.25) is 0 Å². The summed E-state index contributed by atoms with van der Waals surface area (Å²) in [5.41, 5.74) is 6.32. The summed E-state index contributed by atoms with van der Waals surface area (Å²) in [5, 5.41) is 0.733. The lowest BCUT2D eigenvalue weighted by molar-refractivity contribution is -0.133. The van der Waals surface area contributed by atoms with Gasteiger partial charge in [-0.05, 0) is 57.0 Å². The number of carbonyl (C=O) groups excluding carboxylic acids is 2. The second kappa shape index (κ2) is 8.43. The Balaban J connectivity index is 1.69. The molecular weight excluding hydrogens is 364 g/mol. The molecule has 0 N–H and O–H groups in total. The van der Waals surface area contributed by atoms with Crippen LogP contribution in [0.15, 0.2) is 42.5 Å². The van der Waals surface area contributed by atoms with Crippen LogP contribution in [0.1, 0.15) is 38.3 Å². The molecule has 0 radical (unpaired) electrons. The van der Waals surface area contributed by atoms with Gasteiger partial charge in [-0.3, -0.25) is 9.78 Å². The van der Waals surface area contributed by atoms with Crippen molar-refractivity contribution in [1.29, 1.82) is 0 Å². The van der Waals surface area contributed by atoms with Gasteiger partial charge in [0.1, 0.15) is 0 Å². The first-order chi connectivity index (χ1) is 13.7. The molecule has 0 saturated heterocycles. The van der Waals surface area contributed by atoms with Gasteiger partial charge in [0.25, 0.3) is 5.91 Å². The summed E-state index contributed by atoms with van der Waals surface area (Å²) in [7, 11) is 1.71. The lowest BCUT2D eigenvalue weighted by Gasteiger charge is -2.19. The molecule has 0 aliphatic carbocycles. The van der Waals surface area contributed by atoms with Crippen LogP contribution in [0.4, 0.5) is 0 Å². The van der Waals surface area contributed by atoms with Gasteiger partial charge in [0.15, 0.2) is 6.61 Å². The highest BCUT2D eigenvalue weighted by molar-refractivity contribution is 6.04. The number of hydrogen-bond donors (Lipinski definition) is 0. The van der Waals surface area contributed by atoms with Crippen molar-refractivity contribution in [2.24, 2.45) is 0 Å². The summed E-state index contributed by atoms with van der Waals surface area (Å²) >= 11 is 0. The van der Waals surface area contributed by atoms with Crippen LogP contribution in [-0.4, -0.2) is 35.4 Å². The van der Waals surface area contributed by atoms with E-state index in [2.05, 4.69) is 11.1 Å². The number of benzene rings is 2. The van der Waals surface area contributed by atoms with E-state index in [4.69, 9.17) is 4.74 Å². The van der Waals surface area contributed by atoms with Crippen molar-refractivity contribution in [2.75, 3.05) is 13.7 Å². The van der Waals surface area contributed by atoms with E-state index in [-0.39, 0.29) is 12.5 Å². The number of amides is 1. The molecule has 0 saturated carbocycles. The van der Waals surface area contributed by atoms with Crippen molar-refractivity contribution >= 4 is 22.8 Å². The molecule has 1 heterocycles. The molecule has 1 amide bonds. The fourth-order valence-electron chi connectivity index (χ4n) is 3.32. The summed E-state index contributed by atoms with van der Waals surface area (Å²) in [6.45, 7) is 8.03. The number of pyridine rings is 1. The van der Waals surface area contributed by atoms with Crippen molar-refractivity contribution in [3.05, 3.63) is 76.0 Å². The third-order valence-electron chi connectivity index (χ3n) is 4.97. The summed E-state index contributed by atoms with van der Waals surface area (Å²) in [6, 6.07) is 13.6. The Morgan fingerprint density at radius 2 is 1.66 bits per heavy atom. The van der Waals surface area contributed by atoms with Crippen LogP contribution in [0.25, 0.3) is 10.9 Å². The molecule has 0 atom stereocenters. The van der Waals surface area contributed by atoms with Crippen LogP contribution in [0.5, 0.6) is 0 Å². The predicted octanol–water partition coefficient (Wildman–Crippen LogP) is 4.28. The summed E-state index contributed by atoms with van der Waals surface area (Å²) in [5.74, 6) is -0.760. The minimum Gasteiger partial charge on any atom is -0.452 e. The zero-order valence-electron chi connectivity index (χ0n) is 17.6. The van der Waals surface area contributed by atoms with Gasteiger partial charge in [-0.1, -0.05) is 35.4 Å². The smallest absolute Gasteiger partial charge is 0.339 e. The van der Waals surface area contributed by atoms with Crippen molar-refractivity contribution in [3.8, 4) is 0 Å². The Bertz CT molecular complexity index is 1090. The van der Waals surface area contributed by atoms with Crippen molar-refractivity contribution in [2.45, 2.75) is 34.2 Å². The molecule has 0 bridgehead atoms. The highest BCUT2D eigenvalue weighted by atomic mass is 16.5. The van der Waals surface area contributed by atoms with E-state index in [1.165, 1.54) is 5.56 Å². The van der Waals surface area contributed by atoms with Gasteiger partial charge in [0.05, 0.1) is 11.1 Å². The topological polar surface area (TPSA) is 59.5 Å². The highest BCUT2D eigenvalue weighted by Crippen LogP contribution is 2.21. The van der Waals surface area contributed by atoms with Crippen LogP contribution in [0.2, 0.25) is 0 Å². The Labute approximate surface area is 171 Å². The van der Waals surface area contributed by atoms with E-state index in [1.807, 2.05) is 58.0 Å². The third kappa shape index (κ3) is 4.80. The van der Waals surface area contributed by atoms with Gasteiger partial charge >= 0.3 is 5.97 Å².